The molecular weight excluding hydrogens is 210 g/mol. The van der Waals surface area contributed by atoms with E-state index in [-0.39, 0.29) is 0 Å². The highest BCUT2D eigenvalue weighted by Crippen LogP contribution is 2.19. The Bertz CT molecular complexity index is 494. The molecule has 0 atom stereocenters. The van der Waals surface area contributed by atoms with Gasteiger partial charge in [0.05, 0.1) is 5.52 Å². The molecule has 2 aromatic rings. The summed E-state index contributed by atoms with van der Waals surface area (Å²) in [7, 11) is 0. The van der Waals surface area contributed by atoms with Crippen LogP contribution < -0.4 is 10.6 Å². The van der Waals surface area contributed by atoms with Crippen LogP contribution >= 0.6 is 0 Å². The van der Waals surface area contributed by atoms with E-state index in [2.05, 4.69) is 53.7 Å². The van der Waals surface area contributed by atoms with E-state index in [0.717, 1.165) is 31.0 Å². The normalized spacial score (nSPS) is 10.7. The Hall–Kier alpha value is -1.61. The number of hydrogen-bond donors (Lipinski definition) is 2. The van der Waals surface area contributed by atoms with Gasteiger partial charge < -0.3 is 10.6 Å². The van der Waals surface area contributed by atoms with Crippen molar-refractivity contribution < 1.29 is 0 Å². The maximum atomic E-state index is 4.59. The zero-order valence-corrected chi connectivity index (χ0v) is 10.5. The summed E-state index contributed by atoms with van der Waals surface area (Å²) in [5.41, 5.74) is 2.36. The SMILES string of the molecule is CCNCc1cccc2nc(NCC)ccc12. The number of benzene rings is 1. The van der Waals surface area contributed by atoms with E-state index in [1.54, 1.807) is 0 Å². The zero-order valence-electron chi connectivity index (χ0n) is 10.5. The first kappa shape index (κ1) is 11.9. The largest absolute Gasteiger partial charge is 0.370 e. The van der Waals surface area contributed by atoms with Gasteiger partial charge in [0.15, 0.2) is 0 Å². The van der Waals surface area contributed by atoms with Crippen LogP contribution in [-0.4, -0.2) is 18.1 Å². The van der Waals surface area contributed by atoms with Gasteiger partial charge in [0.25, 0.3) is 0 Å². The van der Waals surface area contributed by atoms with Gasteiger partial charge in [0.2, 0.25) is 0 Å². The molecule has 0 saturated carbocycles. The number of aromatic nitrogens is 1. The molecule has 0 amide bonds. The lowest BCUT2D eigenvalue weighted by Gasteiger charge is -2.08. The molecule has 0 aliphatic heterocycles. The van der Waals surface area contributed by atoms with Crippen LogP contribution in [0.15, 0.2) is 30.3 Å². The molecule has 1 heterocycles. The Morgan fingerprint density at radius 3 is 2.71 bits per heavy atom. The molecule has 2 rings (SSSR count). The fourth-order valence-corrected chi connectivity index (χ4v) is 1.91. The van der Waals surface area contributed by atoms with Gasteiger partial charge in [-0.3, -0.25) is 0 Å². The first-order chi connectivity index (χ1) is 8.35. The number of fused-ring (bicyclic) bond motifs is 1. The van der Waals surface area contributed by atoms with Crippen molar-refractivity contribution in [3.05, 3.63) is 35.9 Å². The Balaban J connectivity index is 2.36. The van der Waals surface area contributed by atoms with Crippen molar-refractivity contribution in [2.45, 2.75) is 20.4 Å². The maximum Gasteiger partial charge on any atom is 0.126 e. The Morgan fingerprint density at radius 1 is 1.06 bits per heavy atom. The van der Waals surface area contributed by atoms with Crippen molar-refractivity contribution in [1.29, 1.82) is 0 Å². The third-order valence-corrected chi connectivity index (χ3v) is 2.75. The highest BCUT2D eigenvalue weighted by molar-refractivity contribution is 5.83. The first-order valence-electron chi connectivity index (χ1n) is 6.18. The summed E-state index contributed by atoms with van der Waals surface area (Å²) < 4.78 is 0. The molecule has 0 unspecified atom stereocenters. The van der Waals surface area contributed by atoms with Gasteiger partial charge in [0.1, 0.15) is 5.82 Å². The summed E-state index contributed by atoms with van der Waals surface area (Å²) in [6.07, 6.45) is 0. The fourth-order valence-electron chi connectivity index (χ4n) is 1.91. The summed E-state index contributed by atoms with van der Waals surface area (Å²) in [4.78, 5) is 4.59. The summed E-state index contributed by atoms with van der Waals surface area (Å²) in [6.45, 7) is 6.98. The lowest BCUT2D eigenvalue weighted by molar-refractivity contribution is 0.730. The van der Waals surface area contributed by atoms with Gasteiger partial charge in [0, 0.05) is 18.5 Å². The zero-order chi connectivity index (χ0) is 12.1. The molecular formula is C14H19N3. The maximum absolute atomic E-state index is 4.59. The van der Waals surface area contributed by atoms with Gasteiger partial charge in [-0.15, -0.1) is 0 Å². The van der Waals surface area contributed by atoms with E-state index in [4.69, 9.17) is 0 Å². The second-order valence-corrected chi connectivity index (χ2v) is 3.99. The Kier molecular flexibility index (Phi) is 3.94. The first-order valence-corrected chi connectivity index (χ1v) is 6.18. The molecule has 0 aliphatic rings. The van der Waals surface area contributed by atoms with E-state index in [1.165, 1.54) is 10.9 Å². The topological polar surface area (TPSA) is 37.0 Å². The highest BCUT2D eigenvalue weighted by Gasteiger charge is 2.02. The molecule has 17 heavy (non-hydrogen) atoms. The van der Waals surface area contributed by atoms with Gasteiger partial charge in [-0.25, -0.2) is 4.98 Å². The van der Waals surface area contributed by atoms with E-state index < -0.39 is 0 Å². The second kappa shape index (κ2) is 5.64. The molecule has 2 N–H and O–H groups in total. The summed E-state index contributed by atoms with van der Waals surface area (Å²) in [6, 6.07) is 10.5. The van der Waals surface area contributed by atoms with Crippen LogP contribution in [0.1, 0.15) is 19.4 Å². The third kappa shape index (κ3) is 2.74. The second-order valence-electron chi connectivity index (χ2n) is 3.99. The van der Waals surface area contributed by atoms with Crippen molar-refractivity contribution in [2.24, 2.45) is 0 Å². The van der Waals surface area contributed by atoms with Crippen molar-refractivity contribution in [3.63, 3.8) is 0 Å². The molecule has 1 aromatic carbocycles. The van der Waals surface area contributed by atoms with Gasteiger partial charge >= 0.3 is 0 Å². The van der Waals surface area contributed by atoms with Crippen LogP contribution in [0, 0.1) is 0 Å². The summed E-state index contributed by atoms with van der Waals surface area (Å²) >= 11 is 0. The van der Waals surface area contributed by atoms with Crippen LogP contribution in [0.3, 0.4) is 0 Å². The predicted molar refractivity (Wildman–Crippen MR) is 73.3 cm³/mol. The van der Waals surface area contributed by atoms with Crippen molar-refractivity contribution >= 4 is 16.7 Å². The standard InChI is InChI=1S/C14H19N3/c1-3-15-10-11-6-5-7-13-12(11)8-9-14(17-13)16-4-2/h5-9,15H,3-4,10H2,1-2H3,(H,16,17). The van der Waals surface area contributed by atoms with Crippen molar-refractivity contribution in [3.8, 4) is 0 Å². The third-order valence-electron chi connectivity index (χ3n) is 2.75. The molecule has 1 aromatic heterocycles. The molecule has 0 saturated heterocycles. The molecule has 3 heteroatoms. The molecule has 0 spiro atoms. The number of nitrogens with zero attached hydrogens (tertiary/aromatic N) is 1. The lowest BCUT2D eigenvalue weighted by Crippen LogP contribution is -2.12. The fraction of sp³-hybridized carbons (Fsp3) is 0.357. The van der Waals surface area contributed by atoms with Crippen LogP contribution in [0.5, 0.6) is 0 Å². The Labute approximate surface area is 102 Å². The summed E-state index contributed by atoms with van der Waals surface area (Å²) in [5, 5.41) is 7.82. The van der Waals surface area contributed by atoms with Gasteiger partial charge in [-0.05, 0) is 37.2 Å². The average molecular weight is 229 g/mol. The number of nitrogens with one attached hydrogen (secondary N) is 2. The molecule has 90 valence electrons. The van der Waals surface area contributed by atoms with E-state index in [1.807, 2.05) is 6.07 Å². The van der Waals surface area contributed by atoms with Crippen molar-refractivity contribution in [1.82, 2.24) is 10.3 Å². The van der Waals surface area contributed by atoms with Crippen LogP contribution in [0.25, 0.3) is 10.9 Å². The predicted octanol–water partition coefficient (Wildman–Crippen LogP) is 2.78. The van der Waals surface area contributed by atoms with Gasteiger partial charge in [-0.2, -0.15) is 0 Å². The summed E-state index contributed by atoms with van der Waals surface area (Å²) in [5.74, 6) is 0.945. The minimum absolute atomic E-state index is 0.898. The monoisotopic (exact) mass is 229 g/mol. The van der Waals surface area contributed by atoms with Crippen molar-refractivity contribution in [2.75, 3.05) is 18.4 Å². The quantitative estimate of drug-likeness (QED) is 0.827. The average Bonchev–Trinajstić information content (AvgIpc) is 2.36. The molecule has 3 nitrogen and oxygen atoms in total. The number of hydrogen-bond acceptors (Lipinski definition) is 3. The molecule has 0 radical (unpaired) electrons. The number of anilines is 1. The number of pyridine rings is 1. The van der Waals surface area contributed by atoms with Gasteiger partial charge in [-0.1, -0.05) is 19.1 Å². The van der Waals surface area contributed by atoms with E-state index >= 15 is 0 Å². The van der Waals surface area contributed by atoms with E-state index in [0.29, 0.717) is 0 Å². The Morgan fingerprint density at radius 2 is 1.94 bits per heavy atom. The van der Waals surface area contributed by atoms with E-state index in [9.17, 15) is 0 Å². The lowest BCUT2D eigenvalue weighted by atomic mass is 10.1. The molecule has 0 fully saturated rings. The van der Waals surface area contributed by atoms with Crippen LogP contribution in [0.4, 0.5) is 5.82 Å². The molecule has 0 bridgehead atoms. The van der Waals surface area contributed by atoms with Crippen LogP contribution in [0.2, 0.25) is 0 Å². The highest BCUT2D eigenvalue weighted by atomic mass is 15.0. The molecule has 0 aliphatic carbocycles. The minimum Gasteiger partial charge on any atom is -0.370 e. The number of rotatable bonds is 5. The van der Waals surface area contributed by atoms with Crippen LogP contribution in [-0.2, 0) is 6.54 Å². The minimum atomic E-state index is 0.898. The smallest absolute Gasteiger partial charge is 0.126 e.